The van der Waals surface area contributed by atoms with E-state index in [2.05, 4.69) is 17.5 Å². The van der Waals surface area contributed by atoms with Gasteiger partial charge in [0, 0.05) is 18.7 Å². The van der Waals surface area contributed by atoms with Crippen molar-refractivity contribution in [1.82, 2.24) is 5.43 Å². The second-order valence-corrected chi connectivity index (χ2v) is 1.58. The van der Waals surface area contributed by atoms with Crippen LogP contribution in [0.15, 0.2) is 5.10 Å². The molecule has 0 fully saturated rings. The Bertz CT molecular complexity index is 59.9. The molecule has 0 saturated carbocycles. The van der Waals surface area contributed by atoms with E-state index in [4.69, 9.17) is 0 Å². The maximum atomic E-state index is 3.79. The average molecular weight is 84.1 g/mol. The Morgan fingerprint density at radius 1 is 2.00 bits per heavy atom. The Kier molecular flexibility index (Phi) is 0.783. The number of hydrazone groups is 1. The van der Waals surface area contributed by atoms with Crippen LogP contribution in [0.4, 0.5) is 0 Å². The van der Waals surface area contributed by atoms with Gasteiger partial charge < -0.3 is 5.43 Å². The summed E-state index contributed by atoms with van der Waals surface area (Å²) in [5.74, 6) is 0. The second kappa shape index (κ2) is 1.29. The maximum Gasteiger partial charge on any atom is 0.0461 e. The first-order chi connectivity index (χ1) is 2.89. The van der Waals surface area contributed by atoms with Crippen molar-refractivity contribution in [3.8, 4) is 0 Å². The van der Waals surface area contributed by atoms with E-state index in [0.717, 1.165) is 6.42 Å². The van der Waals surface area contributed by atoms with E-state index < -0.39 is 0 Å². The number of hydrogen-bond donors (Lipinski definition) is 1. The first-order valence-electron chi connectivity index (χ1n) is 2.16. The van der Waals surface area contributed by atoms with Crippen LogP contribution in [0, 0.1) is 0 Å². The number of rotatable bonds is 0. The molecule has 1 aliphatic heterocycles. The largest absolute Gasteiger partial charge is 0.307 e. The molecule has 34 valence electrons. The lowest BCUT2D eigenvalue weighted by Gasteiger charge is -1.94. The van der Waals surface area contributed by atoms with E-state index in [1.807, 2.05) is 6.21 Å². The Labute approximate surface area is 37.2 Å². The van der Waals surface area contributed by atoms with E-state index in [-0.39, 0.29) is 0 Å². The van der Waals surface area contributed by atoms with Crippen molar-refractivity contribution in [2.45, 2.75) is 19.4 Å². The topological polar surface area (TPSA) is 24.4 Å². The van der Waals surface area contributed by atoms with Crippen molar-refractivity contribution < 1.29 is 0 Å². The Balaban J connectivity index is 2.32. The highest BCUT2D eigenvalue weighted by atomic mass is 15.3. The first kappa shape index (κ1) is 3.65. The van der Waals surface area contributed by atoms with E-state index in [0.29, 0.717) is 6.04 Å². The highest BCUT2D eigenvalue weighted by Gasteiger charge is 1.99. The van der Waals surface area contributed by atoms with Gasteiger partial charge in [-0.05, 0) is 6.92 Å². The van der Waals surface area contributed by atoms with Gasteiger partial charge in [0.15, 0.2) is 0 Å². The first-order valence-corrected chi connectivity index (χ1v) is 2.16. The Morgan fingerprint density at radius 3 is 3.00 bits per heavy atom. The van der Waals surface area contributed by atoms with Crippen molar-refractivity contribution >= 4 is 6.21 Å². The molecule has 1 N–H and O–H groups in total. The Morgan fingerprint density at radius 2 is 2.83 bits per heavy atom. The van der Waals surface area contributed by atoms with E-state index >= 15 is 0 Å². The molecule has 0 bridgehead atoms. The lowest BCUT2D eigenvalue weighted by molar-refractivity contribution is 0.636. The molecular formula is C4H8N2. The third kappa shape index (κ3) is 0.506. The third-order valence-electron chi connectivity index (χ3n) is 0.845. The van der Waals surface area contributed by atoms with Gasteiger partial charge in [0.1, 0.15) is 0 Å². The lowest BCUT2D eigenvalue weighted by Crippen LogP contribution is -2.12. The minimum absolute atomic E-state index is 0.574. The van der Waals surface area contributed by atoms with Gasteiger partial charge >= 0.3 is 0 Å². The minimum atomic E-state index is 0.574. The predicted octanol–water partition coefficient (Wildman–Crippen LogP) is 0.354. The SMILES string of the molecule is C[C@@H]1CC=NN1. The van der Waals surface area contributed by atoms with Gasteiger partial charge in [0.2, 0.25) is 0 Å². The molecule has 1 heterocycles. The summed E-state index contributed by atoms with van der Waals surface area (Å²) in [4.78, 5) is 0. The summed E-state index contributed by atoms with van der Waals surface area (Å²) in [6.07, 6.45) is 2.98. The molecule has 0 aromatic heterocycles. The van der Waals surface area contributed by atoms with Crippen LogP contribution >= 0.6 is 0 Å². The van der Waals surface area contributed by atoms with Gasteiger partial charge in [-0.3, -0.25) is 0 Å². The summed E-state index contributed by atoms with van der Waals surface area (Å²) in [6.45, 7) is 2.10. The van der Waals surface area contributed by atoms with Crippen molar-refractivity contribution in [1.29, 1.82) is 0 Å². The molecule has 0 aromatic carbocycles. The molecular weight excluding hydrogens is 76.1 g/mol. The molecule has 0 aliphatic carbocycles. The smallest absolute Gasteiger partial charge is 0.0461 e. The zero-order chi connectivity index (χ0) is 4.41. The van der Waals surface area contributed by atoms with E-state index in [1.165, 1.54) is 0 Å². The molecule has 0 spiro atoms. The van der Waals surface area contributed by atoms with Crippen LogP contribution in [0.1, 0.15) is 13.3 Å². The number of nitrogens with zero attached hydrogens (tertiary/aromatic N) is 1. The summed E-state index contributed by atoms with van der Waals surface area (Å²) in [7, 11) is 0. The van der Waals surface area contributed by atoms with Crippen molar-refractivity contribution in [3.05, 3.63) is 0 Å². The third-order valence-corrected chi connectivity index (χ3v) is 0.845. The maximum absolute atomic E-state index is 3.79. The quantitative estimate of drug-likeness (QED) is 0.450. The molecule has 1 rings (SSSR count). The van der Waals surface area contributed by atoms with E-state index in [1.54, 1.807) is 0 Å². The van der Waals surface area contributed by atoms with Crippen LogP contribution < -0.4 is 5.43 Å². The molecule has 2 heteroatoms. The Hall–Kier alpha value is -0.530. The number of hydrogen-bond acceptors (Lipinski definition) is 2. The van der Waals surface area contributed by atoms with Gasteiger partial charge in [-0.1, -0.05) is 0 Å². The normalized spacial score (nSPS) is 30.5. The fourth-order valence-electron chi connectivity index (χ4n) is 0.443. The van der Waals surface area contributed by atoms with Gasteiger partial charge in [-0.15, -0.1) is 0 Å². The van der Waals surface area contributed by atoms with Crippen LogP contribution in [-0.4, -0.2) is 12.3 Å². The molecule has 0 amide bonds. The molecule has 1 aliphatic rings. The van der Waals surface area contributed by atoms with Crippen LogP contribution in [0.25, 0.3) is 0 Å². The van der Waals surface area contributed by atoms with Gasteiger partial charge in [0.25, 0.3) is 0 Å². The summed E-state index contributed by atoms with van der Waals surface area (Å²) in [5, 5.41) is 3.79. The monoisotopic (exact) mass is 84.1 g/mol. The molecule has 6 heavy (non-hydrogen) atoms. The van der Waals surface area contributed by atoms with Crippen molar-refractivity contribution in [2.75, 3.05) is 0 Å². The fraction of sp³-hybridized carbons (Fsp3) is 0.750. The van der Waals surface area contributed by atoms with Crippen LogP contribution in [0.2, 0.25) is 0 Å². The van der Waals surface area contributed by atoms with E-state index in [9.17, 15) is 0 Å². The standard InChI is InChI=1S/C4H8N2/c1-4-2-3-5-6-4/h3-4,6H,2H2,1H3/t4-/m1/s1. The highest BCUT2D eigenvalue weighted by Crippen LogP contribution is 1.91. The zero-order valence-electron chi connectivity index (χ0n) is 3.81. The van der Waals surface area contributed by atoms with Crippen LogP contribution in [0.3, 0.4) is 0 Å². The summed E-state index contributed by atoms with van der Waals surface area (Å²) >= 11 is 0. The van der Waals surface area contributed by atoms with Crippen LogP contribution in [0.5, 0.6) is 0 Å². The second-order valence-electron chi connectivity index (χ2n) is 1.58. The van der Waals surface area contributed by atoms with Gasteiger partial charge in [-0.2, -0.15) is 5.10 Å². The summed E-state index contributed by atoms with van der Waals surface area (Å²) in [6, 6.07) is 0.574. The summed E-state index contributed by atoms with van der Waals surface area (Å²) < 4.78 is 0. The fourth-order valence-corrected chi connectivity index (χ4v) is 0.443. The molecule has 1 atom stereocenters. The average Bonchev–Trinajstić information content (AvgIpc) is 1.86. The predicted molar refractivity (Wildman–Crippen MR) is 25.7 cm³/mol. The van der Waals surface area contributed by atoms with Gasteiger partial charge in [0.05, 0.1) is 0 Å². The van der Waals surface area contributed by atoms with Crippen LogP contribution in [-0.2, 0) is 0 Å². The molecule has 0 unspecified atom stereocenters. The minimum Gasteiger partial charge on any atom is -0.307 e. The van der Waals surface area contributed by atoms with Crippen molar-refractivity contribution in [3.63, 3.8) is 0 Å². The molecule has 0 aromatic rings. The summed E-state index contributed by atoms with van der Waals surface area (Å²) in [5.41, 5.74) is 2.89. The molecule has 0 saturated heterocycles. The zero-order valence-corrected chi connectivity index (χ0v) is 3.81. The van der Waals surface area contributed by atoms with Gasteiger partial charge in [-0.25, -0.2) is 0 Å². The lowest BCUT2D eigenvalue weighted by atomic mass is 10.3. The molecule has 2 nitrogen and oxygen atoms in total. The molecule has 0 radical (unpaired) electrons. The van der Waals surface area contributed by atoms with Crippen molar-refractivity contribution in [2.24, 2.45) is 5.10 Å². The number of nitrogens with one attached hydrogen (secondary N) is 1. The highest BCUT2D eigenvalue weighted by molar-refractivity contribution is 5.59.